The Labute approximate surface area is 128 Å². The van der Waals surface area contributed by atoms with Crippen LogP contribution in [-0.4, -0.2) is 27.8 Å². The third-order valence-corrected chi connectivity index (χ3v) is 3.01. The number of carbonyl (C=O) groups excluding carboxylic acids is 1. The summed E-state index contributed by atoms with van der Waals surface area (Å²) < 4.78 is 7.15. The molecule has 0 unspecified atom stereocenters. The van der Waals surface area contributed by atoms with Crippen molar-refractivity contribution in [3.05, 3.63) is 41.6 Å². The first kappa shape index (κ1) is 15.4. The average Bonchev–Trinajstić information content (AvgIpc) is 2.80. The lowest BCUT2D eigenvalue weighted by molar-refractivity contribution is -0.127. The molecular weight excluding hydrogens is 290 g/mol. The molecule has 0 fully saturated rings. The summed E-state index contributed by atoms with van der Waals surface area (Å²) in [6.45, 7) is 5.44. The van der Waals surface area contributed by atoms with E-state index in [9.17, 15) is 4.79 Å². The van der Waals surface area contributed by atoms with E-state index in [-0.39, 0.29) is 17.8 Å². The van der Waals surface area contributed by atoms with Crippen molar-refractivity contribution in [3.63, 3.8) is 0 Å². The van der Waals surface area contributed by atoms with Gasteiger partial charge in [-0.25, -0.2) is 4.68 Å². The number of carbonyl (C=O) groups is 1. The fourth-order valence-corrected chi connectivity index (χ4v) is 1.93. The highest BCUT2D eigenvalue weighted by Gasteiger charge is 2.19. The minimum Gasteiger partial charge on any atom is -0.462 e. The predicted octanol–water partition coefficient (Wildman–Crippen LogP) is 2.82. The normalized spacial score (nSPS) is 12.2. The Morgan fingerprint density at radius 3 is 2.57 bits per heavy atom. The Morgan fingerprint density at radius 2 is 1.95 bits per heavy atom. The Bertz CT molecular complexity index is 611. The first-order valence-electron chi connectivity index (χ1n) is 6.75. The monoisotopic (exact) mass is 307 g/mol. The average molecular weight is 308 g/mol. The van der Waals surface area contributed by atoms with Gasteiger partial charge in [0.1, 0.15) is 5.02 Å². The van der Waals surface area contributed by atoms with Crippen molar-refractivity contribution in [1.29, 1.82) is 0 Å². The van der Waals surface area contributed by atoms with Gasteiger partial charge in [0, 0.05) is 6.04 Å². The van der Waals surface area contributed by atoms with E-state index < -0.39 is 6.10 Å². The minimum absolute atomic E-state index is 0.0564. The quantitative estimate of drug-likeness (QED) is 0.924. The summed E-state index contributed by atoms with van der Waals surface area (Å²) in [5.41, 5.74) is 0.869. The fourth-order valence-electron chi connectivity index (χ4n) is 1.75. The molecular formula is C15H18ClN3O2. The van der Waals surface area contributed by atoms with E-state index in [0.717, 1.165) is 5.69 Å². The highest BCUT2D eigenvalue weighted by molar-refractivity contribution is 6.31. The van der Waals surface area contributed by atoms with E-state index in [0.29, 0.717) is 5.02 Å². The number of hydrogen-bond donors (Lipinski definition) is 1. The summed E-state index contributed by atoms with van der Waals surface area (Å²) in [5.74, 6) is 0.0438. The molecule has 1 atom stereocenters. The second kappa shape index (κ2) is 6.63. The molecule has 2 aromatic rings. The van der Waals surface area contributed by atoms with E-state index in [2.05, 4.69) is 10.4 Å². The van der Waals surface area contributed by atoms with Crippen molar-refractivity contribution < 1.29 is 9.53 Å². The molecule has 1 N–H and O–H groups in total. The summed E-state index contributed by atoms with van der Waals surface area (Å²) in [6, 6.07) is 9.60. The molecule has 0 saturated carbocycles. The van der Waals surface area contributed by atoms with Crippen LogP contribution in [0, 0.1) is 0 Å². The number of ether oxygens (including phenoxy) is 1. The predicted molar refractivity (Wildman–Crippen MR) is 81.9 cm³/mol. The van der Waals surface area contributed by atoms with Gasteiger partial charge in [0.2, 0.25) is 0 Å². The molecule has 0 radical (unpaired) electrons. The van der Waals surface area contributed by atoms with Gasteiger partial charge in [-0.1, -0.05) is 29.8 Å². The van der Waals surface area contributed by atoms with Crippen LogP contribution in [0.3, 0.4) is 0 Å². The molecule has 1 heterocycles. The molecule has 6 heteroatoms. The molecule has 0 spiro atoms. The number of nitrogens with one attached hydrogen (secondary N) is 1. The molecule has 5 nitrogen and oxygen atoms in total. The van der Waals surface area contributed by atoms with E-state index in [1.165, 1.54) is 0 Å². The van der Waals surface area contributed by atoms with Crippen LogP contribution >= 0.6 is 11.6 Å². The van der Waals surface area contributed by atoms with Crippen molar-refractivity contribution >= 4 is 17.5 Å². The minimum atomic E-state index is -0.663. The maximum absolute atomic E-state index is 11.8. The van der Waals surface area contributed by atoms with Crippen LogP contribution in [0.15, 0.2) is 36.5 Å². The lowest BCUT2D eigenvalue weighted by Gasteiger charge is -2.15. The maximum Gasteiger partial charge on any atom is 0.261 e. The van der Waals surface area contributed by atoms with Gasteiger partial charge in [0.25, 0.3) is 11.8 Å². The van der Waals surface area contributed by atoms with Crippen LogP contribution in [0.25, 0.3) is 5.69 Å². The zero-order chi connectivity index (χ0) is 15.4. The van der Waals surface area contributed by atoms with Gasteiger partial charge in [-0.15, -0.1) is 5.10 Å². The molecule has 1 aromatic carbocycles. The van der Waals surface area contributed by atoms with Gasteiger partial charge in [-0.05, 0) is 32.9 Å². The van der Waals surface area contributed by atoms with Gasteiger partial charge in [0.15, 0.2) is 6.10 Å². The number of rotatable bonds is 5. The summed E-state index contributed by atoms with van der Waals surface area (Å²) >= 11 is 6.11. The molecule has 0 saturated heterocycles. The zero-order valence-electron chi connectivity index (χ0n) is 12.2. The molecule has 0 aliphatic heterocycles. The lowest BCUT2D eigenvalue weighted by Crippen LogP contribution is -2.40. The highest BCUT2D eigenvalue weighted by Crippen LogP contribution is 2.24. The summed E-state index contributed by atoms with van der Waals surface area (Å²) in [6.07, 6.45) is 0.989. The molecule has 0 aliphatic carbocycles. The molecule has 112 valence electrons. The summed E-state index contributed by atoms with van der Waals surface area (Å²) in [4.78, 5) is 11.8. The van der Waals surface area contributed by atoms with Gasteiger partial charge < -0.3 is 10.1 Å². The van der Waals surface area contributed by atoms with E-state index in [4.69, 9.17) is 16.3 Å². The van der Waals surface area contributed by atoms with Crippen LogP contribution in [0.5, 0.6) is 5.88 Å². The van der Waals surface area contributed by atoms with Crippen LogP contribution in [0.2, 0.25) is 5.02 Å². The Balaban J connectivity index is 2.11. The topological polar surface area (TPSA) is 56.1 Å². The fraction of sp³-hybridized carbons (Fsp3) is 0.333. The maximum atomic E-state index is 11.8. The van der Waals surface area contributed by atoms with Crippen molar-refractivity contribution in [3.8, 4) is 11.6 Å². The Hall–Kier alpha value is -2.01. The second-order valence-corrected chi connectivity index (χ2v) is 5.39. The highest BCUT2D eigenvalue weighted by atomic mass is 35.5. The van der Waals surface area contributed by atoms with Gasteiger partial charge in [0.05, 0.1) is 11.9 Å². The number of nitrogens with zero attached hydrogens (tertiary/aromatic N) is 2. The number of hydrogen-bond acceptors (Lipinski definition) is 3. The lowest BCUT2D eigenvalue weighted by atomic mass is 10.3. The SMILES string of the molecule is CC(C)NC(=O)[C@@H](C)Oc1nn(-c2ccccc2)cc1Cl. The first-order chi connectivity index (χ1) is 9.97. The molecule has 2 rings (SSSR count). The standard InChI is InChI=1S/C15H18ClN3O2/c1-10(2)17-14(20)11(3)21-15-13(16)9-19(18-15)12-7-5-4-6-8-12/h4-11H,1-3H3,(H,17,20)/t11-/m1/s1. The van der Waals surface area contributed by atoms with Crippen molar-refractivity contribution in [2.75, 3.05) is 0 Å². The number of halogens is 1. The van der Waals surface area contributed by atoms with E-state index in [1.807, 2.05) is 44.2 Å². The molecule has 1 amide bonds. The van der Waals surface area contributed by atoms with Crippen molar-refractivity contribution in [1.82, 2.24) is 15.1 Å². The first-order valence-corrected chi connectivity index (χ1v) is 7.13. The van der Waals surface area contributed by atoms with Crippen LogP contribution in [-0.2, 0) is 4.79 Å². The smallest absolute Gasteiger partial charge is 0.261 e. The van der Waals surface area contributed by atoms with E-state index >= 15 is 0 Å². The zero-order valence-corrected chi connectivity index (χ0v) is 13.0. The number of aromatic nitrogens is 2. The second-order valence-electron chi connectivity index (χ2n) is 4.99. The van der Waals surface area contributed by atoms with Gasteiger partial charge in [-0.2, -0.15) is 0 Å². The largest absolute Gasteiger partial charge is 0.462 e. The Morgan fingerprint density at radius 1 is 1.29 bits per heavy atom. The van der Waals surface area contributed by atoms with Crippen molar-refractivity contribution in [2.45, 2.75) is 32.9 Å². The van der Waals surface area contributed by atoms with Gasteiger partial charge >= 0.3 is 0 Å². The molecule has 0 aliphatic rings. The molecule has 21 heavy (non-hydrogen) atoms. The third-order valence-electron chi connectivity index (χ3n) is 2.75. The van der Waals surface area contributed by atoms with Crippen LogP contribution in [0.1, 0.15) is 20.8 Å². The number of para-hydroxylation sites is 1. The van der Waals surface area contributed by atoms with E-state index in [1.54, 1.807) is 17.8 Å². The summed E-state index contributed by atoms with van der Waals surface area (Å²) in [7, 11) is 0. The van der Waals surface area contributed by atoms with Gasteiger partial charge in [-0.3, -0.25) is 4.79 Å². The number of amides is 1. The molecule has 1 aromatic heterocycles. The molecule has 0 bridgehead atoms. The summed E-state index contributed by atoms with van der Waals surface area (Å²) in [5, 5.41) is 7.41. The third kappa shape index (κ3) is 3.98. The Kier molecular flexibility index (Phi) is 4.85. The van der Waals surface area contributed by atoms with Crippen LogP contribution < -0.4 is 10.1 Å². The van der Waals surface area contributed by atoms with Crippen molar-refractivity contribution in [2.24, 2.45) is 0 Å². The van der Waals surface area contributed by atoms with Crippen LogP contribution in [0.4, 0.5) is 0 Å². The number of benzene rings is 1.